The van der Waals surface area contributed by atoms with Gasteiger partial charge in [0.15, 0.2) is 5.78 Å². The van der Waals surface area contributed by atoms with Crippen LogP contribution in [0, 0.1) is 17.2 Å². The minimum Gasteiger partial charge on any atom is -0.293 e. The minimum absolute atomic E-state index is 0.131. The van der Waals surface area contributed by atoms with Crippen LogP contribution in [-0.4, -0.2) is 5.78 Å². The van der Waals surface area contributed by atoms with E-state index in [1.165, 1.54) is 6.08 Å². The Kier molecular flexibility index (Phi) is 2.60. The SMILES string of the molecule is CC=CC1=CC(=O)C(C#N)C=C1. The van der Waals surface area contributed by atoms with Crippen molar-refractivity contribution >= 4 is 5.78 Å². The van der Waals surface area contributed by atoms with Crippen molar-refractivity contribution in [3.63, 3.8) is 0 Å². The second kappa shape index (κ2) is 3.68. The number of carbonyl (C=O) groups is 1. The van der Waals surface area contributed by atoms with Crippen LogP contribution in [0.25, 0.3) is 0 Å². The molecule has 0 aromatic rings. The molecule has 1 aliphatic rings. The predicted molar refractivity (Wildman–Crippen MR) is 46.1 cm³/mol. The minimum atomic E-state index is -0.584. The number of allylic oxidation sites excluding steroid dienone is 6. The first-order valence-electron chi connectivity index (χ1n) is 3.74. The Morgan fingerprint density at radius 1 is 1.67 bits per heavy atom. The molecule has 0 bridgehead atoms. The molecule has 0 heterocycles. The van der Waals surface area contributed by atoms with E-state index in [1.54, 1.807) is 12.2 Å². The summed E-state index contributed by atoms with van der Waals surface area (Å²) in [5.74, 6) is -0.716. The van der Waals surface area contributed by atoms with Crippen molar-refractivity contribution in [2.45, 2.75) is 6.92 Å². The number of nitriles is 1. The van der Waals surface area contributed by atoms with E-state index in [-0.39, 0.29) is 5.78 Å². The van der Waals surface area contributed by atoms with E-state index in [4.69, 9.17) is 5.26 Å². The normalized spacial score (nSPS) is 22.5. The summed E-state index contributed by atoms with van der Waals surface area (Å²) in [7, 11) is 0. The zero-order valence-corrected chi connectivity index (χ0v) is 6.82. The molecule has 0 aromatic heterocycles. The van der Waals surface area contributed by atoms with E-state index < -0.39 is 5.92 Å². The topological polar surface area (TPSA) is 40.9 Å². The molecule has 1 rings (SSSR count). The van der Waals surface area contributed by atoms with Crippen molar-refractivity contribution in [1.82, 2.24) is 0 Å². The standard InChI is InChI=1S/C10H9NO/c1-2-3-8-4-5-9(7-11)10(12)6-8/h2-6,9H,1H3. The molecule has 0 amide bonds. The molecule has 1 atom stereocenters. The number of carbonyl (C=O) groups excluding carboxylic acids is 1. The van der Waals surface area contributed by atoms with Gasteiger partial charge in [0.05, 0.1) is 6.07 Å². The molecule has 2 heteroatoms. The summed E-state index contributed by atoms with van der Waals surface area (Å²) in [6.07, 6.45) is 8.60. The molecule has 0 N–H and O–H groups in total. The Labute approximate surface area is 71.5 Å². The molecule has 0 saturated heterocycles. The van der Waals surface area contributed by atoms with Crippen molar-refractivity contribution in [2.75, 3.05) is 0 Å². The van der Waals surface area contributed by atoms with Crippen molar-refractivity contribution in [3.05, 3.63) is 36.0 Å². The van der Waals surface area contributed by atoms with E-state index in [9.17, 15) is 4.79 Å². The fourth-order valence-electron chi connectivity index (χ4n) is 1.01. The van der Waals surface area contributed by atoms with Crippen molar-refractivity contribution in [3.8, 4) is 6.07 Å². The highest BCUT2D eigenvalue weighted by molar-refractivity contribution is 5.97. The second-order valence-electron chi connectivity index (χ2n) is 2.51. The van der Waals surface area contributed by atoms with Crippen LogP contribution in [0.2, 0.25) is 0 Å². The van der Waals surface area contributed by atoms with Crippen molar-refractivity contribution < 1.29 is 4.79 Å². The molecule has 0 radical (unpaired) electrons. The molecule has 60 valence electrons. The summed E-state index contributed by atoms with van der Waals surface area (Å²) in [5, 5.41) is 8.51. The monoisotopic (exact) mass is 159 g/mol. The fourth-order valence-corrected chi connectivity index (χ4v) is 1.01. The van der Waals surface area contributed by atoms with Gasteiger partial charge in [-0.2, -0.15) is 5.26 Å². The van der Waals surface area contributed by atoms with Crippen LogP contribution >= 0.6 is 0 Å². The zero-order valence-electron chi connectivity index (χ0n) is 6.82. The maximum absolute atomic E-state index is 11.1. The maximum atomic E-state index is 11.1. The lowest BCUT2D eigenvalue weighted by Gasteiger charge is -2.04. The van der Waals surface area contributed by atoms with Gasteiger partial charge < -0.3 is 0 Å². The Balaban J connectivity index is 2.85. The lowest BCUT2D eigenvalue weighted by atomic mass is 9.96. The van der Waals surface area contributed by atoms with Crippen LogP contribution < -0.4 is 0 Å². The molecular weight excluding hydrogens is 150 g/mol. The first-order chi connectivity index (χ1) is 5.77. The molecule has 0 fully saturated rings. The average Bonchev–Trinajstić information content (AvgIpc) is 2.05. The first-order valence-corrected chi connectivity index (χ1v) is 3.74. The van der Waals surface area contributed by atoms with E-state index >= 15 is 0 Å². The van der Waals surface area contributed by atoms with Crippen LogP contribution in [0.3, 0.4) is 0 Å². The molecular formula is C10H9NO. The third kappa shape index (κ3) is 1.70. The third-order valence-electron chi connectivity index (χ3n) is 1.59. The Morgan fingerprint density at radius 2 is 2.42 bits per heavy atom. The van der Waals surface area contributed by atoms with Gasteiger partial charge in [0.25, 0.3) is 0 Å². The van der Waals surface area contributed by atoms with Gasteiger partial charge >= 0.3 is 0 Å². The van der Waals surface area contributed by atoms with Crippen molar-refractivity contribution in [1.29, 1.82) is 5.26 Å². The largest absolute Gasteiger partial charge is 0.293 e. The van der Waals surface area contributed by atoms with Crippen LogP contribution in [-0.2, 0) is 4.79 Å². The molecule has 1 unspecified atom stereocenters. The van der Waals surface area contributed by atoms with E-state index in [2.05, 4.69) is 0 Å². The zero-order chi connectivity index (χ0) is 8.97. The lowest BCUT2D eigenvalue weighted by molar-refractivity contribution is -0.115. The smallest absolute Gasteiger partial charge is 0.177 e. The number of nitrogens with zero attached hydrogens (tertiary/aromatic N) is 1. The van der Waals surface area contributed by atoms with Gasteiger partial charge in [-0.1, -0.05) is 24.3 Å². The lowest BCUT2D eigenvalue weighted by Crippen LogP contribution is -2.10. The first kappa shape index (κ1) is 8.48. The highest BCUT2D eigenvalue weighted by atomic mass is 16.1. The number of rotatable bonds is 1. The highest BCUT2D eigenvalue weighted by Crippen LogP contribution is 2.13. The molecule has 0 saturated carbocycles. The number of ketones is 1. The molecule has 12 heavy (non-hydrogen) atoms. The number of hydrogen-bond donors (Lipinski definition) is 0. The predicted octanol–water partition coefficient (Wildman–Crippen LogP) is 1.77. The summed E-state index contributed by atoms with van der Waals surface area (Å²) in [4.78, 5) is 11.1. The molecule has 0 aromatic carbocycles. The second-order valence-corrected chi connectivity index (χ2v) is 2.51. The van der Waals surface area contributed by atoms with Crippen LogP contribution in [0.5, 0.6) is 0 Å². The third-order valence-corrected chi connectivity index (χ3v) is 1.59. The molecule has 2 nitrogen and oxygen atoms in total. The quantitative estimate of drug-likeness (QED) is 0.585. The summed E-state index contributed by atoms with van der Waals surface area (Å²) < 4.78 is 0. The molecule has 1 aliphatic carbocycles. The summed E-state index contributed by atoms with van der Waals surface area (Å²) in [5.41, 5.74) is 0.856. The average molecular weight is 159 g/mol. The van der Waals surface area contributed by atoms with Crippen LogP contribution in [0.15, 0.2) is 36.0 Å². The molecule has 0 spiro atoms. The van der Waals surface area contributed by atoms with Crippen molar-refractivity contribution in [2.24, 2.45) is 5.92 Å². The summed E-state index contributed by atoms with van der Waals surface area (Å²) >= 11 is 0. The Morgan fingerprint density at radius 3 is 2.92 bits per heavy atom. The van der Waals surface area contributed by atoms with Gasteiger partial charge in [-0.3, -0.25) is 4.79 Å². The van der Waals surface area contributed by atoms with Gasteiger partial charge in [-0.25, -0.2) is 0 Å². The summed E-state index contributed by atoms with van der Waals surface area (Å²) in [6.45, 7) is 1.88. The Bertz CT molecular complexity index is 315. The Hall–Kier alpha value is -1.62. The van der Waals surface area contributed by atoms with E-state index in [0.717, 1.165) is 5.57 Å². The maximum Gasteiger partial charge on any atom is 0.177 e. The van der Waals surface area contributed by atoms with Crippen LogP contribution in [0.4, 0.5) is 0 Å². The van der Waals surface area contributed by atoms with E-state index in [0.29, 0.717) is 0 Å². The van der Waals surface area contributed by atoms with Gasteiger partial charge in [-0.15, -0.1) is 0 Å². The fraction of sp³-hybridized carbons (Fsp3) is 0.200. The summed E-state index contributed by atoms with van der Waals surface area (Å²) in [6, 6.07) is 1.91. The van der Waals surface area contributed by atoms with Crippen LogP contribution in [0.1, 0.15) is 6.92 Å². The highest BCUT2D eigenvalue weighted by Gasteiger charge is 2.15. The van der Waals surface area contributed by atoms with Gasteiger partial charge in [0, 0.05) is 0 Å². The van der Waals surface area contributed by atoms with Gasteiger partial charge in [0.2, 0.25) is 0 Å². The number of hydrogen-bond acceptors (Lipinski definition) is 2. The van der Waals surface area contributed by atoms with Gasteiger partial charge in [-0.05, 0) is 18.6 Å². The molecule has 0 aliphatic heterocycles. The van der Waals surface area contributed by atoms with E-state index in [1.807, 2.05) is 25.1 Å². The van der Waals surface area contributed by atoms with Gasteiger partial charge in [0.1, 0.15) is 5.92 Å².